The highest BCUT2D eigenvalue weighted by atomic mass is 32.2. The number of nitrogens with zero attached hydrogens (tertiary/aromatic N) is 3. The van der Waals surface area contributed by atoms with Gasteiger partial charge in [0.05, 0.1) is 10.7 Å². The van der Waals surface area contributed by atoms with Crippen molar-refractivity contribution in [3.63, 3.8) is 0 Å². The highest BCUT2D eigenvalue weighted by Gasteiger charge is 2.22. The minimum atomic E-state index is -3.10. The summed E-state index contributed by atoms with van der Waals surface area (Å²) in [5.41, 5.74) is 0.0590. The molecule has 19 heavy (non-hydrogen) atoms. The Labute approximate surface area is 115 Å². The van der Waals surface area contributed by atoms with E-state index in [9.17, 15) is 18.5 Å². The van der Waals surface area contributed by atoms with Crippen LogP contribution in [0.25, 0.3) is 0 Å². The van der Waals surface area contributed by atoms with E-state index in [1.165, 1.54) is 6.92 Å². The van der Waals surface area contributed by atoms with Crippen LogP contribution in [0.15, 0.2) is 5.03 Å². The lowest BCUT2D eigenvalue weighted by Crippen LogP contribution is -2.08. The molecule has 0 unspecified atom stereocenters. The summed E-state index contributed by atoms with van der Waals surface area (Å²) in [6, 6.07) is 0. The quantitative estimate of drug-likeness (QED) is 0.356. The Hall–Kier alpha value is -1.42. The maximum Gasteiger partial charge on any atom is 0.322 e. The molecule has 1 aromatic rings. The third-order valence-electron chi connectivity index (χ3n) is 2.13. The normalized spacial score (nSPS) is 11.3. The van der Waals surface area contributed by atoms with Gasteiger partial charge in [-0.2, -0.15) is 4.98 Å². The van der Waals surface area contributed by atoms with E-state index < -0.39 is 14.8 Å². The Bertz CT molecular complexity index is 588. The fourth-order valence-corrected chi connectivity index (χ4v) is 3.50. The standard InChI is InChI=1S/C9H14N4O4S2/c1-6-7(13(14)15)8(12-9(10-2)11-6)18-4-5-19(3,16)17/h4-5H2,1-3H3,(H,10,11,12). The fourth-order valence-electron chi connectivity index (χ4n) is 1.25. The molecule has 0 spiro atoms. The van der Waals surface area contributed by atoms with E-state index in [2.05, 4.69) is 15.3 Å². The molecule has 1 rings (SSSR count). The molecular weight excluding hydrogens is 292 g/mol. The zero-order chi connectivity index (χ0) is 14.6. The molecule has 1 N–H and O–H groups in total. The van der Waals surface area contributed by atoms with E-state index in [-0.39, 0.29) is 33.9 Å². The van der Waals surface area contributed by atoms with Crippen molar-refractivity contribution in [2.45, 2.75) is 11.9 Å². The van der Waals surface area contributed by atoms with Gasteiger partial charge in [0.2, 0.25) is 5.95 Å². The molecule has 8 nitrogen and oxygen atoms in total. The first-order chi connectivity index (χ1) is 8.74. The average Bonchev–Trinajstić information content (AvgIpc) is 2.25. The first-order valence-corrected chi connectivity index (χ1v) is 8.30. The van der Waals surface area contributed by atoms with E-state index in [1.807, 2.05) is 0 Å². The number of thioether (sulfide) groups is 1. The third-order valence-corrected chi connectivity index (χ3v) is 4.30. The number of nitrogens with one attached hydrogen (secondary N) is 1. The van der Waals surface area contributed by atoms with Crippen molar-refractivity contribution < 1.29 is 13.3 Å². The summed E-state index contributed by atoms with van der Waals surface area (Å²) in [6.45, 7) is 1.52. The highest BCUT2D eigenvalue weighted by molar-refractivity contribution is 8.00. The molecule has 0 bridgehead atoms. The predicted octanol–water partition coefficient (Wildman–Crippen LogP) is 0.872. The molecule has 10 heteroatoms. The van der Waals surface area contributed by atoms with Crippen LogP contribution in [0.4, 0.5) is 11.6 Å². The van der Waals surface area contributed by atoms with Gasteiger partial charge in [0.15, 0.2) is 5.03 Å². The van der Waals surface area contributed by atoms with Crippen molar-refractivity contribution in [1.29, 1.82) is 0 Å². The number of aryl methyl sites for hydroxylation is 1. The van der Waals surface area contributed by atoms with Gasteiger partial charge in [-0.3, -0.25) is 10.1 Å². The number of sulfone groups is 1. The summed E-state index contributed by atoms with van der Waals surface area (Å²) >= 11 is 1.03. The van der Waals surface area contributed by atoms with E-state index in [1.54, 1.807) is 7.05 Å². The summed E-state index contributed by atoms with van der Waals surface area (Å²) < 4.78 is 22.1. The lowest BCUT2D eigenvalue weighted by atomic mass is 10.4. The second kappa shape index (κ2) is 6.15. The van der Waals surface area contributed by atoms with Gasteiger partial charge in [-0.15, -0.1) is 0 Å². The molecule has 1 heterocycles. The van der Waals surface area contributed by atoms with Crippen molar-refractivity contribution in [3.8, 4) is 0 Å². The smallest absolute Gasteiger partial charge is 0.322 e. The molecule has 106 valence electrons. The minimum absolute atomic E-state index is 0.0627. The Balaban J connectivity index is 3.03. The summed E-state index contributed by atoms with van der Waals surface area (Å²) in [6.07, 6.45) is 1.12. The van der Waals surface area contributed by atoms with E-state index >= 15 is 0 Å². The summed E-state index contributed by atoms with van der Waals surface area (Å²) in [5, 5.41) is 13.9. The second-order valence-electron chi connectivity index (χ2n) is 3.77. The van der Waals surface area contributed by atoms with Crippen LogP contribution in [-0.2, 0) is 9.84 Å². The number of nitro groups is 1. The molecule has 0 aromatic carbocycles. The second-order valence-corrected chi connectivity index (χ2v) is 7.12. The van der Waals surface area contributed by atoms with Gasteiger partial charge in [0, 0.05) is 19.1 Å². The number of rotatable bonds is 6. The SMILES string of the molecule is CNc1nc(C)c([N+](=O)[O-])c(SCCS(C)(=O)=O)n1. The van der Waals surface area contributed by atoms with Crippen LogP contribution in [0.2, 0.25) is 0 Å². The summed E-state index contributed by atoms with van der Waals surface area (Å²) in [4.78, 5) is 18.3. The highest BCUT2D eigenvalue weighted by Crippen LogP contribution is 2.30. The number of anilines is 1. The Morgan fingerprint density at radius 1 is 1.42 bits per heavy atom. The fraction of sp³-hybridized carbons (Fsp3) is 0.556. The first-order valence-electron chi connectivity index (χ1n) is 5.26. The zero-order valence-electron chi connectivity index (χ0n) is 10.7. The van der Waals surface area contributed by atoms with Gasteiger partial charge >= 0.3 is 5.69 Å². The Morgan fingerprint density at radius 2 is 2.05 bits per heavy atom. The van der Waals surface area contributed by atoms with Gasteiger partial charge in [-0.25, -0.2) is 13.4 Å². The summed E-state index contributed by atoms with van der Waals surface area (Å²) in [7, 11) is -1.50. The zero-order valence-corrected chi connectivity index (χ0v) is 12.3. The molecule has 0 aliphatic heterocycles. The van der Waals surface area contributed by atoms with E-state index in [0.717, 1.165) is 18.0 Å². The van der Waals surface area contributed by atoms with Crippen LogP contribution < -0.4 is 5.32 Å². The molecule has 0 radical (unpaired) electrons. The van der Waals surface area contributed by atoms with Crippen LogP contribution in [-0.4, -0.2) is 48.1 Å². The van der Waals surface area contributed by atoms with Gasteiger partial charge < -0.3 is 5.32 Å². The largest absolute Gasteiger partial charge is 0.357 e. The molecule has 0 saturated heterocycles. The predicted molar refractivity (Wildman–Crippen MR) is 73.4 cm³/mol. The van der Waals surface area contributed by atoms with Gasteiger partial charge in [-0.1, -0.05) is 11.8 Å². The number of hydrogen-bond donors (Lipinski definition) is 1. The molecule has 0 aliphatic rings. The number of hydrogen-bond acceptors (Lipinski definition) is 8. The van der Waals surface area contributed by atoms with Crippen molar-refractivity contribution in [1.82, 2.24) is 9.97 Å². The van der Waals surface area contributed by atoms with E-state index in [0.29, 0.717) is 0 Å². The first kappa shape index (κ1) is 15.6. The molecule has 1 aromatic heterocycles. The molecule has 0 atom stereocenters. The monoisotopic (exact) mass is 306 g/mol. The lowest BCUT2D eigenvalue weighted by Gasteiger charge is -2.06. The summed E-state index contributed by atoms with van der Waals surface area (Å²) in [5.74, 6) is 0.413. The van der Waals surface area contributed by atoms with Crippen molar-refractivity contribution in [2.24, 2.45) is 0 Å². The van der Waals surface area contributed by atoms with Crippen LogP contribution >= 0.6 is 11.8 Å². The van der Waals surface area contributed by atoms with Gasteiger partial charge in [-0.05, 0) is 6.92 Å². The van der Waals surface area contributed by atoms with Gasteiger partial charge in [0.1, 0.15) is 15.5 Å². The Kier molecular flexibility index (Phi) is 5.06. The topological polar surface area (TPSA) is 115 Å². The van der Waals surface area contributed by atoms with E-state index in [4.69, 9.17) is 0 Å². The maximum atomic E-state index is 11.0. The van der Waals surface area contributed by atoms with Gasteiger partial charge in [0.25, 0.3) is 0 Å². The van der Waals surface area contributed by atoms with Crippen LogP contribution in [0, 0.1) is 17.0 Å². The molecule has 0 fully saturated rings. The maximum absolute atomic E-state index is 11.0. The van der Waals surface area contributed by atoms with Crippen LogP contribution in [0.3, 0.4) is 0 Å². The van der Waals surface area contributed by atoms with Crippen molar-refractivity contribution in [3.05, 3.63) is 15.8 Å². The molecule has 0 aliphatic carbocycles. The van der Waals surface area contributed by atoms with Crippen molar-refractivity contribution >= 4 is 33.2 Å². The molecular formula is C9H14N4O4S2. The average molecular weight is 306 g/mol. The molecule has 0 amide bonds. The minimum Gasteiger partial charge on any atom is -0.357 e. The van der Waals surface area contributed by atoms with Crippen LogP contribution in [0.5, 0.6) is 0 Å². The molecule has 0 saturated carbocycles. The third kappa shape index (κ3) is 4.63. The van der Waals surface area contributed by atoms with Crippen molar-refractivity contribution in [2.75, 3.05) is 30.1 Å². The van der Waals surface area contributed by atoms with Crippen LogP contribution in [0.1, 0.15) is 5.69 Å². The lowest BCUT2D eigenvalue weighted by molar-refractivity contribution is -0.389. The number of aromatic nitrogens is 2. The Morgan fingerprint density at radius 3 is 2.53 bits per heavy atom.